The first-order valence-corrected chi connectivity index (χ1v) is 19.4. The average molecular weight is 696 g/mol. The number of ether oxygens (including phenoxy) is 2. The molecule has 3 heterocycles. The molecular formula is C34H58N5O8P. The van der Waals surface area contributed by atoms with E-state index in [2.05, 4.69) is 17.0 Å². The van der Waals surface area contributed by atoms with Crippen molar-refractivity contribution < 1.29 is 38.2 Å². The first-order chi connectivity index (χ1) is 23.1. The third-order valence-electron chi connectivity index (χ3n) is 8.96. The third kappa shape index (κ3) is 12.3. The Morgan fingerprint density at radius 2 is 1.56 bits per heavy atom. The van der Waals surface area contributed by atoms with Gasteiger partial charge in [0, 0.05) is 12.5 Å². The second-order valence-electron chi connectivity index (χ2n) is 13.1. The number of hydrogen-bond acceptors (Lipinski definition) is 11. The summed E-state index contributed by atoms with van der Waals surface area (Å²) in [4.78, 5) is 14.1. The van der Waals surface area contributed by atoms with E-state index in [4.69, 9.17) is 24.3 Å². The molecule has 0 bridgehead atoms. The number of phosphoric acid groups is 1. The lowest BCUT2D eigenvalue weighted by molar-refractivity contribution is -0.0646. The molecule has 0 aromatic carbocycles. The van der Waals surface area contributed by atoms with Crippen molar-refractivity contribution in [3.8, 4) is 6.07 Å². The van der Waals surface area contributed by atoms with E-state index in [-0.39, 0.29) is 24.0 Å². The van der Waals surface area contributed by atoms with Gasteiger partial charge in [-0.05, 0) is 18.6 Å². The largest absolute Gasteiger partial charge is 0.472 e. The Balaban J connectivity index is 1.23. The van der Waals surface area contributed by atoms with Gasteiger partial charge >= 0.3 is 7.82 Å². The number of nitriles is 1. The molecule has 1 saturated heterocycles. The second-order valence-corrected chi connectivity index (χ2v) is 14.6. The maximum absolute atomic E-state index is 12.5. The van der Waals surface area contributed by atoms with Crippen LogP contribution in [0.2, 0.25) is 0 Å². The molecule has 272 valence electrons. The van der Waals surface area contributed by atoms with Gasteiger partial charge in [0.05, 0.1) is 25.5 Å². The molecule has 0 radical (unpaired) electrons. The fourth-order valence-corrected chi connectivity index (χ4v) is 6.91. The van der Waals surface area contributed by atoms with Gasteiger partial charge in [0.25, 0.3) is 0 Å². The highest BCUT2D eigenvalue weighted by molar-refractivity contribution is 7.47. The van der Waals surface area contributed by atoms with Gasteiger partial charge in [-0.15, -0.1) is 0 Å². The van der Waals surface area contributed by atoms with Crippen molar-refractivity contribution in [1.29, 1.82) is 5.26 Å². The Morgan fingerprint density at radius 1 is 0.979 bits per heavy atom. The van der Waals surface area contributed by atoms with Gasteiger partial charge in [0.2, 0.25) is 5.60 Å². The van der Waals surface area contributed by atoms with Crippen molar-refractivity contribution in [1.82, 2.24) is 14.6 Å². The molecule has 14 heteroatoms. The molecule has 5 N–H and O–H groups in total. The van der Waals surface area contributed by atoms with Gasteiger partial charge in [0.15, 0.2) is 5.82 Å². The van der Waals surface area contributed by atoms with Crippen LogP contribution >= 0.6 is 7.82 Å². The van der Waals surface area contributed by atoms with Gasteiger partial charge in [-0.2, -0.15) is 10.4 Å². The number of rotatable bonds is 26. The SMILES string of the molecule is CCCCCCCCCCCCCCCCCCOC[C@@H](C)COP(=O)(O)OC[C@H]1O[C@@](C#N)(c2ccc3c(N)ncnn23)[C@H](O)[C@@H]1O. The maximum atomic E-state index is 12.5. The van der Waals surface area contributed by atoms with Crippen LogP contribution in [0.4, 0.5) is 5.82 Å². The summed E-state index contributed by atoms with van der Waals surface area (Å²) >= 11 is 0. The summed E-state index contributed by atoms with van der Waals surface area (Å²) in [6.07, 6.45) is 17.6. The molecule has 3 rings (SSSR count). The number of nitrogen functional groups attached to an aromatic ring is 1. The van der Waals surface area contributed by atoms with Gasteiger partial charge in [-0.25, -0.2) is 14.1 Å². The zero-order chi connectivity index (χ0) is 34.8. The predicted octanol–water partition coefficient (Wildman–Crippen LogP) is 6.20. The number of anilines is 1. The van der Waals surface area contributed by atoms with Crippen LogP contribution in [0.15, 0.2) is 18.5 Å². The molecule has 1 fully saturated rings. The van der Waals surface area contributed by atoms with E-state index in [0.29, 0.717) is 18.7 Å². The number of aliphatic hydroxyl groups excluding tert-OH is 2. The van der Waals surface area contributed by atoms with E-state index in [1.54, 1.807) is 6.07 Å². The van der Waals surface area contributed by atoms with Crippen LogP contribution in [0.1, 0.15) is 122 Å². The van der Waals surface area contributed by atoms with Gasteiger partial charge in [-0.3, -0.25) is 9.05 Å². The second kappa shape index (κ2) is 21.2. The van der Waals surface area contributed by atoms with Crippen LogP contribution in [-0.4, -0.2) is 74.4 Å². The molecule has 0 spiro atoms. The van der Waals surface area contributed by atoms with Crippen molar-refractivity contribution in [3.05, 3.63) is 24.2 Å². The van der Waals surface area contributed by atoms with Gasteiger partial charge in [-0.1, -0.05) is 110 Å². The van der Waals surface area contributed by atoms with Crippen molar-refractivity contribution in [2.75, 3.05) is 32.2 Å². The lowest BCUT2D eigenvalue weighted by atomic mass is 9.92. The highest BCUT2D eigenvalue weighted by Crippen LogP contribution is 2.46. The van der Waals surface area contributed by atoms with Crippen molar-refractivity contribution in [2.24, 2.45) is 5.92 Å². The van der Waals surface area contributed by atoms with Crippen LogP contribution in [0.5, 0.6) is 0 Å². The van der Waals surface area contributed by atoms with E-state index >= 15 is 0 Å². The number of nitrogens with zero attached hydrogens (tertiary/aromatic N) is 4. The Bertz CT molecular complexity index is 1290. The summed E-state index contributed by atoms with van der Waals surface area (Å²) in [5.74, 6) is -0.0101. The number of fused-ring (bicyclic) bond motifs is 1. The van der Waals surface area contributed by atoms with Gasteiger partial charge in [0.1, 0.15) is 36.2 Å². The van der Waals surface area contributed by atoms with Crippen molar-refractivity contribution in [2.45, 2.75) is 140 Å². The number of phosphoric ester groups is 1. The zero-order valence-corrected chi connectivity index (χ0v) is 29.8. The smallest absolute Gasteiger partial charge is 0.387 e. The van der Waals surface area contributed by atoms with Gasteiger partial charge < -0.3 is 30.3 Å². The Labute approximate surface area is 285 Å². The number of aromatic nitrogens is 3. The molecule has 1 aliphatic rings. The Kier molecular flexibility index (Phi) is 17.8. The summed E-state index contributed by atoms with van der Waals surface area (Å²) in [5.41, 5.74) is 4.32. The van der Waals surface area contributed by atoms with E-state index in [1.165, 1.54) is 107 Å². The lowest BCUT2D eigenvalue weighted by Crippen LogP contribution is -2.41. The summed E-state index contributed by atoms with van der Waals surface area (Å²) in [6, 6.07) is 4.94. The molecule has 6 atom stereocenters. The summed E-state index contributed by atoms with van der Waals surface area (Å²) < 4.78 is 35.5. The van der Waals surface area contributed by atoms with Crippen molar-refractivity contribution in [3.63, 3.8) is 0 Å². The fraction of sp³-hybridized carbons (Fsp3) is 0.794. The maximum Gasteiger partial charge on any atom is 0.472 e. The van der Waals surface area contributed by atoms with E-state index in [1.807, 2.05) is 13.0 Å². The standard InChI is InChI=1S/C34H58N5O8P/c1-3-4-5-6-7-8-9-10-11-12-13-14-15-16-17-18-21-44-22-27(2)23-45-48(42,43)46-24-29-31(40)32(41)34(25-35,47-29)30-20-19-28-33(36)37-26-38-39(28)30/h19-20,26-27,29,31-32,40-41H,3-18,21-24H2,1-2H3,(H,42,43)(H2,36,37,38)/t27-,29-,31-,32-,34+/m1/s1. The Hall–Kier alpha value is -2.14. The van der Waals surface area contributed by atoms with E-state index in [0.717, 1.165) is 12.8 Å². The molecule has 13 nitrogen and oxygen atoms in total. The number of nitrogens with two attached hydrogens (primary N) is 1. The lowest BCUT2D eigenvalue weighted by Gasteiger charge is -2.24. The number of hydrogen-bond donors (Lipinski definition) is 4. The molecular weight excluding hydrogens is 637 g/mol. The third-order valence-corrected chi connectivity index (χ3v) is 9.91. The van der Waals surface area contributed by atoms with E-state index in [9.17, 15) is 24.9 Å². The molecule has 0 amide bonds. The molecule has 1 unspecified atom stereocenters. The minimum Gasteiger partial charge on any atom is -0.387 e. The monoisotopic (exact) mass is 695 g/mol. The normalized spacial score (nSPS) is 23.0. The first-order valence-electron chi connectivity index (χ1n) is 17.9. The van der Waals surface area contributed by atoms with Crippen LogP contribution in [0.25, 0.3) is 5.52 Å². The molecule has 0 aliphatic carbocycles. The highest BCUT2D eigenvalue weighted by atomic mass is 31.2. The number of aliphatic hydroxyl groups is 2. The molecule has 48 heavy (non-hydrogen) atoms. The van der Waals surface area contributed by atoms with Crippen LogP contribution < -0.4 is 5.73 Å². The predicted molar refractivity (Wildman–Crippen MR) is 183 cm³/mol. The number of unbranched alkanes of at least 4 members (excludes halogenated alkanes) is 15. The average Bonchev–Trinajstić information content (AvgIpc) is 3.62. The minimum absolute atomic E-state index is 0.0805. The molecule has 0 saturated carbocycles. The van der Waals surface area contributed by atoms with Crippen molar-refractivity contribution >= 4 is 19.2 Å². The van der Waals surface area contributed by atoms with E-state index < -0.39 is 38.3 Å². The summed E-state index contributed by atoms with van der Waals surface area (Å²) in [7, 11) is -4.53. The zero-order valence-electron chi connectivity index (χ0n) is 28.9. The topological polar surface area (TPSA) is 195 Å². The summed E-state index contributed by atoms with van der Waals surface area (Å²) in [5, 5.41) is 35.5. The Morgan fingerprint density at radius 3 is 2.15 bits per heavy atom. The quantitative estimate of drug-likeness (QED) is 0.0644. The molecule has 1 aliphatic heterocycles. The van der Waals surface area contributed by atoms with Crippen LogP contribution in [-0.2, 0) is 28.7 Å². The minimum atomic E-state index is -4.53. The first kappa shape index (κ1) is 40.3. The summed E-state index contributed by atoms with van der Waals surface area (Å²) in [6.45, 7) is 4.42. The molecule has 2 aromatic heterocycles. The highest BCUT2D eigenvalue weighted by Gasteiger charge is 2.58. The van der Waals surface area contributed by atoms with Crippen LogP contribution in [0.3, 0.4) is 0 Å². The fourth-order valence-electron chi connectivity index (χ4n) is 6.06. The molecule has 2 aromatic rings. The van der Waals surface area contributed by atoms with Crippen LogP contribution in [0, 0.1) is 17.2 Å².